The Hall–Kier alpha value is -1.33. The molecule has 1 unspecified atom stereocenters. The van der Waals surface area contributed by atoms with Crippen LogP contribution in [0.4, 0.5) is 4.39 Å². The van der Waals surface area contributed by atoms with Gasteiger partial charge in [0.2, 0.25) is 0 Å². The number of rotatable bonds is 7. The van der Waals surface area contributed by atoms with E-state index >= 15 is 0 Å². The highest BCUT2D eigenvalue weighted by molar-refractivity contribution is 5.44. The normalized spacial score (nSPS) is 18.0. The van der Waals surface area contributed by atoms with Crippen LogP contribution in [-0.2, 0) is 4.74 Å². The minimum atomic E-state index is -0.294. The van der Waals surface area contributed by atoms with E-state index in [-0.39, 0.29) is 17.5 Å². The maximum absolute atomic E-state index is 14.4. The first kappa shape index (κ1) is 16.0. The molecular formula is C16H24FNO3. The van der Waals surface area contributed by atoms with Crippen molar-refractivity contribution in [2.75, 3.05) is 28.4 Å². The number of hydrogen-bond donors (Lipinski definition) is 1. The zero-order valence-electron chi connectivity index (χ0n) is 13.2. The molecule has 0 bridgehead atoms. The Morgan fingerprint density at radius 1 is 1.19 bits per heavy atom. The van der Waals surface area contributed by atoms with Crippen LogP contribution in [0.15, 0.2) is 12.1 Å². The summed E-state index contributed by atoms with van der Waals surface area (Å²) < 4.78 is 30.4. The quantitative estimate of drug-likeness (QED) is 0.839. The minimum Gasteiger partial charge on any atom is -0.493 e. The molecule has 0 amide bonds. The zero-order valence-corrected chi connectivity index (χ0v) is 13.2. The molecule has 4 nitrogen and oxygen atoms in total. The third-order valence-electron chi connectivity index (χ3n) is 4.50. The molecule has 1 N–H and O–H groups in total. The van der Waals surface area contributed by atoms with E-state index in [2.05, 4.69) is 5.32 Å². The Labute approximate surface area is 125 Å². The lowest BCUT2D eigenvalue weighted by molar-refractivity contribution is -0.0836. The van der Waals surface area contributed by atoms with Gasteiger partial charge in [-0.2, -0.15) is 0 Å². The summed E-state index contributed by atoms with van der Waals surface area (Å²) in [5.74, 6) is 0.644. The highest BCUT2D eigenvalue weighted by Gasteiger charge is 2.39. The molecule has 1 aliphatic carbocycles. The maximum atomic E-state index is 14.4. The third kappa shape index (κ3) is 3.14. The molecule has 1 aliphatic rings. The van der Waals surface area contributed by atoms with E-state index < -0.39 is 0 Å². The molecule has 0 radical (unpaired) electrons. The molecule has 1 aromatic carbocycles. The van der Waals surface area contributed by atoms with Crippen LogP contribution < -0.4 is 14.8 Å². The van der Waals surface area contributed by atoms with Gasteiger partial charge in [0.1, 0.15) is 5.82 Å². The Bertz CT molecular complexity index is 483. The van der Waals surface area contributed by atoms with E-state index in [1.54, 1.807) is 20.3 Å². The number of nitrogens with one attached hydrogen (secondary N) is 1. The van der Waals surface area contributed by atoms with Gasteiger partial charge in [-0.1, -0.05) is 0 Å². The van der Waals surface area contributed by atoms with Crippen molar-refractivity contribution in [3.63, 3.8) is 0 Å². The number of halogens is 1. The largest absolute Gasteiger partial charge is 0.493 e. The van der Waals surface area contributed by atoms with Crippen LogP contribution in [0.2, 0.25) is 0 Å². The molecule has 118 valence electrons. The van der Waals surface area contributed by atoms with Crippen molar-refractivity contribution >= 4 is 0 Å². The number of ether oxygens (including phenoxy) is 3. The van der Waals surface area contributed by atoms with Gasteiger partial charge in [-0.25, -0.2) is 4.39 Å². The van der Waals surface area contributed by atoms with E-state index in [0.717, 1.165) is 19.3 Å². The van der Waals surface area contributed by atoms with Gasteiger partial charge in [-0.05, 0) is 38.8 Å². The summed E-state index contributed by atoms with van der Waals surface area (Å²) >= 11 is 0. The highest BCUT2D eigenvalue weighted by atomic mass is 19.1. The summed E-state index contributed by atoms with van der Waals surface area (Å²) in [6, 6.07) is 2.96. The van der Waals surface area contributed by atoms with Crippen LogP contribution in [0.5, 0.6) is 11.5 Å². The number of hydrogen-bond acceptors (Lipinski definition) is 4. The van der Waals surface area contributed by atoms with Crippen LogP contribution in [0.1, 0.15) is 37.3 Å². The van der Waals surface area contributed by atoms with Gasteiger partial charge in [-0.15, -0.1) is 0 Å². The summed E-state index contributed by atoms with van der Waals surface area (Å²) in [6.45, 7) is 0. The summed E-state index contributed by atoms with van der Waals surface area (Å²) in [5, 5.41) is 3.19. The summed E-state index contributed by atoms with van der Waals surface area (Å²) in [7, 11) is 6.62. The summed E-state index contributed by atoms with van der Waals surface area (Å²) in [6.07, 6.45) is 3.96. The Balaban J connectivity index is 2.29. The van der Waals surface area contributed by atoms with Gasteiger partial charge in [0.15, 0.2) is 11.5 Å². The molecule has 2 rings (SSSR count). The molecular weight excluding hydrogens is 273 g/mol. The van der Waals surface area contributed by atoms with Crippen LogP contribution >= 0.6 is 0 Å². The predicted molar refractivity (Wildman–Crippen MR) is 79.5 cm³/mol. The maximum Gasteiger partial charge on any atom is 0.163 e. The van der Waals surface area contributed by atoms with Crippen molar-refractivity contribution in [3.8, 4) is 11.5 Å². The van der Waals surface area contributed by atoms with Crippen LogP contribution in [0.25, 0.3) is 0 Å². The molecule has 0 spiro atoms. The molecule has 1 aromatic rings. The minimum absolute atomic E-state index is 0.120. The van der Waals surface area contributed by atoms with Crippen molar-refractivity contribution in [2.45, 2.75) is 37.3 Å². The van der Waals surface area contributed by atoms with Crippen molar-refractivity contribution in [1.82, 2.24) is 5.32 Å². The van der Waals surface area contributed by atoms with E-state index in [4.69, 9.17) is 14.2 Å². The van der Waals surface area contributed by atoms with Gasteiger partial charge in [-0.3, -0.25) is 0 Å². The molecule has 0 aromatic heterocycles. The third-order valence-corrected chi connectivity index (χ3v) is 4.50. The molecule has 1 atom stereocenters. The highest BCUT2D eigenvalue weighted by Crippen LogP contribution is 2.43. The summed E-state index contributed by atoms with van der Waals surface area (Å²) in [5.41, 5.74) is 0.450. The lowest BCUT2D eigenvalue weighted by Crippen LogP contribution is -2.42. The fraction of sp³-hybridized carbons (Fsp3) is 0.625. The van der Waals surface area contributed by atoms with Gasteiger partial charge in [0.25, 0.3) is 0 Å². The van der Waals surface area contributed by atoms with E-state index in [1.165, 1.54) is 19.6 Å². The molecule has 0 saturated heterocycles. The summed E-state index contributed by atoms with van der Waals surface area (Å²) in [4.78, 5) is 0. The first-order valence-electron chi connectivity index (χ1n) is 7.23. The molecule has 0 heterocycles. The number of methoxy groups -OCH3 is 3. The number of benzene rings is 1. The second-order valence-corrected chi connectivity index (χ2v) is 5.51. The topological polar surface area (TPSA) is 39.7 Å². The second-order valence-electron chi connectivity index (χ2n) is 5.51. The van der Waals surface area contributed by atoms with Crippen LogP contribution in [0.3, 0.4) is 0 Å². The van der Waals surface area contributed by atoms with E-state index in [0.29, 0.717) is 17.1 Å². The molecule has 21 heavy (non-hydrogen) atoms. The molecule has 0 aliphatic heterocycles. The van der Waals surface area contributed by atoms with E-state index in [1.807, 2.05) is 7.05 Å². The Morgan fingerprint density at radius 2 is 1.81 bits per heavy atom. The van der Waals surface area contributed by atoms with E-state index in [9.17, 15) is 4.39 Å². The first-order valence-corrected chi connectivity index (χ1v) is 7.23. The monoisotopic (exact) mass is 297 g/mol. The second kappa shape index (κ2) is 6.62. The SMILES string of the molecule is CNC(CC1(OC)CCC1)c1cc(OC)c(OC)cc1F. The Morgan fingerprint density at radius 3 is 2.24 bits per heavy atom. The van der Waals surface area contributed by atoms with Gasteiger partial charge >= 0.3 is 0 Å². The molecule has 1 fully saturated rings. The van der Waals surface area contributed by atoms with Gasteiger partial charge in [0.05, 0.1) is 19.8 Å². The fourth-order valence-corrected chi connectivity index (χ4v) is 2.94. The van der Waals surface area contributed by atoms with Gasteiger partial charge in [0, 0.05) is 24.8 Å². The van der Waals surface area contributed by atoms with Crippen molar-refractivity contribution < 1.29 is 18.6 Å². The average Bonchev–Trinajstić information content (AvgIpc) is 2.47. The van der Waals surface area contributed by atoms with Gasteiger partial charge < -0.3 is 19.5 Å². The van der Waals surface area contributed by atoms with Crippen LogP contribution in [0, 0.1) is 5.82 Å². The molecule has 1 saturated carbocycles. The lowest BCUT2D eigenvalue weighted by Gasteiger charge is -2.43. The Kier molecular flexibility index (Phi) is 5.06. The predicted octanol–water partition coefficient (Wildman–Crippen LogP) is 3.06. The smallest absolute Gasteiger partial charge is 0.163 e. The fourth-order valence-electron chi connectivity index (χ4n) is 2.94. The average molecular weight is 297 g/mol. The van der Waals surface area contributed by atoms with Crippen LogP contribution in [-0.4, -0.2) is 34.0 Å². The van der Waals surface area contributed by atoms with Crippen molar-refractivity contribution in [2.24, 2.45) is 0 Å². The first-order chi connectivity index (χ1) is 10.1. The zero-order chi connectivity index (χ0) is 15.5. The van der Waals surface area contributed by atoms with Crippen molar-refractivity contribution in [3.05, 3.63) is 23.5 Å². The molecule has 5 heteroatoms. The lowest BCUT2D eigenvalue weighted by atomic mass is 9.74. The standard InChI is InChI=1S/C16H24FNO3/c1-18-13(10-16(21-4)6-5-7-16)11-8-14(19-2)15(20-3)9-12(11)17/h8-9,13,18H,5-7,10H2,1-4H3. The van der Waals surface area contributed by atoms with Crippen molar-refractivity contribution in [1.29, 1.82) is 0 Å².